The molecule has 100 valence electrons. The maximum absolute atomic E-state index is 10.3. The largest absolute Gasteiger partial charge is 0.386 e. The van der Waals surface area contributed by atoms with Gasteiger partial charge in [0.1, 0.15) is 6.10 Å². The van der Waals surface area contributed by atoms with E-state index in [2.05, 4.69) is 5.10 Å². The Balaban J connectivity index is 1.77. The lowest BCUT2D eigenvalue weighted by Crippen LogP contribution is -2.24. The molecule has 1 aromatic heterocycles. The predicted molar refractivity (Wildman–Crippen MR) is 72.1 cm³/mol. The molecule has 0 aliphatic carbocycles. The van der Waals surface area contributed by atoms with Gasteiger partial charge >= 0.3 is 0 Å². The van der Waals surface area contributed by atoms with Crippen LogP contribution >= 0.6 is 0 Å². The molecule has 3 rings (SSSR count). The van der Waals surface area contributed by atoms with Crippen LogP contribution in [0.15, 0.2) is 42.6 Å². The van der Waals surface area contributed by atoms with Crippen LogP contribution in [0.5, 0.6) is 0 Å². The van der Waals surface area contributed by atoms with Crippen LogP contribution in [0.3, 0.4) is 0 Å². The molecule has 2 unspecified atom stereocenters. The number of hydrogen-bond acceptors (Lipinski definition) is 3. The average Bonchev–Trinajstić information content (AvgIpc) is 2.98. The first kappa shape index (κ1) is 12.4. The molecule has 0 radical (unpaired) electrons. The van der Waals surface area contributed by atoms with Gasteiger partial charge in [-0.25, -0.2) is 4.68 Å². The fourth-order valence-electron chi connectivity index (χ4n) is 2.48. The summed E-state index contributed by atoms with van der Waals surface area (Å²) in [6.07, 6.45) is 3.36. The normalized spacial score (nSPS) is 21.2. The highest BCUT2D eigenvalue weighted by Crippen LogP contribution is 2.27. The van der Waals surface area contributed by atoms with E-state index in [1.165, 1.54) is 0 Å². The van der Waals surface area contributed by atoms with Gasteiger partial charge in [0.2, 0.25) is 0 Å². The van der Waals surface area contributed by atoms with Crippen LogP contribution in [0.4, 0.5) is 0 Å². The van der Waals surface area contributed by atoms with E-state index >= 15 is 0 Å². The zero-order valence-corrected chi connectivity index (χ0v) is 10.8. The number of aliphatic hydroxyl groups is 1. The highest BCUT2D eigenvalue weighted by Gasteiger charge is 2.25. The fourth-order valence-corrected chi connectivity index (χ4v) is 2.48. The molecule has 2 heterocycles. The fraction of sp³-hybridized carbons (Fsp3) is 0.400. The number of rotatable bonds is 3. The third kappa shape index (κ3) is 2.69. The van der Waals surface area contributed by atoms with Gasteiger partial charge < -0.3 is 9.84 Å². The number of hydrogen-bond donors (Lipinski definition) is 1. The van der Waals surface area contributed by atoms with Crippen molar-refractivity contribution < 1.29 is 9.84 Å². The van der Waals surface area contributed by atoms with E-state index in [0.29, 0.717) is 6.61 Å². The molecule has 1 saturated heterocycles. The maximum atomic E-state index is 10.3. The summed E-state index contributed by atoms with van der Waals surface area (Å²) >= 11 is 0. The Morgan fingerprint density at radius 3 is 2.84 bits per heavy atom. The summed E-state index contributed by atoms with van der Waals surface area (Å²) < 4.78 is 7.22. The van der Waals surface area contributed by atoms with Gasteiger partial charge in [0, 0.05) is 18.7 Å². The molecular formula is C15H18N2O2. The Hall–Kier alpha value is -1.65. The molecule has 4 heteroatoms. The molecule has 1 aliphatic rings. The molecular weight excluding hydrogens is 240 g/mol. The minimum Gasteiger partial charge on any atom is -0.386 e. The summed E-state index contributed by atoms with van der Waals surface area (Å²) in [4.78, 5) is 0. The molecule has 2 aromatic rings. The molecule has 2 atom stereocenters. The first-order chi connectivity index (χ1) is 9.34. The number of ether oxygens (including phenoxy) is 1. The number of aliphatic hydroxyl groups excluding tert-OH is 1. The van der Waals surface area contributed by atoms with Crippen molar-refractivity contribution in [2.24, 2.45) is 5.92 Å². The van der Waals surface area contributed by atoms with E-state index in [-0.39, 0.29) is 5.92 Å². The van der Waals surface area contributed by atoms with Gasteiger partial charge in [-0.1, -0.05) is 18.2 Å². The van der Waals surface area contributed by atoms with Crippen molar-refractivity contribution in [1.82, 2.24) is 9.78 Å². The molecule has 0 spiro atoms. The highest BCUT2D eigenvalue weighted by atomic mass is 16.5. The van der Waals surface area contributed by atoms with Gasteiger partial charge in [-0.2, -0.15) is 5.10 Å². The predicted octanol–water partition coefficient (Wildman–Crippen LogP) is 2.33. The lowest BCUT2D eigenvalue weighted by atomic mass is 9.94. The number of para-hydroxylation sites is 1. The molecule has 1 N–H and O–H groups in total. The minimum absolute atomic E-state index is 0.160. The van der Waals surface area contributed by atoms with Crippen molar-refractivity contribution in [3.63, 3.8) is 0 Å². The second-order valence-electron chi connectivity index (χ2n) is 4.94. The van der Waals surface area contributed by atoms with Crippen molar-refractivity contribution in [2.45, 2.75) is 18.9 Å². The minimum atomic E-state index is -0.537. The van der Waals surface area contributed by atoms with E-state index in [4.69, 9.17) is 4.74 Å². The Morgan fingerprint density at radius 2 is 2.11 bits per heavy atom. The lowest BCUT2D eigenvalue weighted by molar-refractivity contribution is -0.0116. The lowest BCUT2D eigenvalue weighted by Gasteiger charge is -2.25. The summed E-state index contributed by atoms with van der Waals surface area (Å²) in [6, 6.07) is 11.8. The Kier molecular flexibility index (Phi) is 3.62. The summed E-state index contributed by atoms with van der Waals surface area (Å²) in [5, 5.41) is 14.8. The Labute approximate surface area is 112 Å². The van der Waals surface area contributed by atoms with E-state index < -0.39 is 6.10 Å². The smallest absolute Gasteiger partial charge is 0.103 e. The SMILES string of the molecule is OC(c1ccn(-c2ccccc2)n1)C1CCCOC1. The van der Waals surface area contributed by atoms with Gasteiger partial charge in [-0.05, 0) is 31.0 Å². The van der Waals surface area contributed by atoms with Crippen LogP contribution in [0.2, 0.25) is 0 Å². The van der Waals surface area contributed by atoms with E-state index in [9.17, 15) is 5.11 Å². The van der Waals surface area contributed by atoms with Crippen LogP contribution in [-0.2, 0) is 4.74 Å². The highest BCUT2D eigenvalue weighted by molar-refractivity contribution is 5.30. The Bertz CT molecular complexity index is 518. The first-order valence-electron chi connectivity index (χ1n) is 6.71. The van der Waals surface area contributed by atoms with Crippen LogP contribution in [0.25, 0.3) is 5.69 Å². The monoisotopic (exact) mass is 258 g/mol. The molecule has 0 saturated carbocycles. The Morgan fingerprint density at radius 1 is 1.26 bits per heavy atom. The second-order valence-corrected chi connectivity index (χ2v) is 4.94. The van der Waals surface area contributed by atoms with E-state index in [1.807, 2.05) is 42.6 Å². The van der Waals surface area contributed by atoms with E-state index in [1.54, 1.807) is 4.68 Å². The molecule has 4 nitrogen and oxygen atoms in total. The third-order valence-corrected chi connectivity index (χ3v) is 3.58. The van der Waals surface area contributed by atoms with Crippen molar-refractivity contribution in [3.05, 3.63) is 48.3 Å². The molecule has 1 aromatic carbocycles. The van der Waals surface area contributed by atoms with Gasteiger partial charge in [0.25, 0.3) is 0 Å². The first-order valence-corrected chi connectivity index (χ1v) is 6.71. The van der Waals surface area contributed by atoms with Crippen LogP contribution in [0, 0.1) is 5.92 Å². The molecule has 0 bridgehead atoms. The zero-order chi connectivity index (χ0) is 13.1. The molecule has 1 aliphatic heterocycles. The second kappa shape index (κ2) is 5.55. The summed E-state index contributed by atoms with van der Waals surface area (Å²) in [7, 11) is 0. The van der Waals surface area contributed by atoms with Crippen LogP contribution in [0.1, 0.15) is 24.6 Å². The van der Waals surface area contributed by atoms with Gasteiger partial charge in [-0.3, -0.25) is 0 Å². The summed E-state index contributed by atoms with van der Waals surface area (Å²) in [5.74, 6) is 0.160. The molecule has 19 heavy (non-hydrogen) atoms. The van der Waals surface area contributed by atoms with Crippen molar-refractivity contribution in [3.8, 4) is 5.69 Å². The van der Waals surface area contributed by atoms with Crippen molar-refractivity contribution >= 4 is 0 Å². The molecule has 0 amide bonds. The summed E-state index contributed by atoms with van der Waals surface area (Å²) in [6.45, 7) is 1.43. The number of nitrogens with zero attached hydrogens (tertiary/aromatic N) is 2. The van der Waals surface area contributed by atoms with Gasteiger partial charge in [0.15, 0.2) is 0 Å². The van der Waals surface area contributed by atoms with Crippen LogP contribution < -0.4 is 0 Å². The van der Waals surface area contributed by atoms with Crippen molar-refractivity contribution in [1.29, 1.82) is 0 Å². The quantitative estimate of drug-likeness (QED) is 0.919. The standard InChI is InChI=1S/C15H18N2O2/c18-15(12-5-4-10-19-11-12)14-8-9-17(16-14)13-6-2-1-3-7-13/h1-3,6-9,12,15,18H,4-5,10-11H2. The van der Waals surface area contributed by atoms with Crippen molar-refractivity contribution in [2.75, 3.05) is 13.2 Å². The number of benzene rings is 1. The zero-order valence-electron chi connectivity index (χ0n) is 10.8. The molecule has 1 fully saturated rings. The van der Waals surface area contributed by atoms with Crippen LogP contribution in [-0.4, -0.2) is 28.1 Å². The number of aromatic nitrogens is 2. The topological polar surface area (TPSA) is 47.3 Å². The summed E-state index contributed by atoms with van der Waals surface area (Å²) in [5.41, 5.74) is 1.72. The average molecular weight is 258 g/mol. The van der Waals surface area contributed by atoms with Gasteiger partial charge in [-0.15, -0.1) is 0 Å². The van der Waals surface area contributed by atoms with Gasteiger partial charge in [0.05, 0.1) is 18.0 Å². The van der Waals surface area contributed by atoms with E-state index in [0.717, 1.165) is 30.8 Å². The third-order valence-electron chi connectivity index (χ3n) is 3.58. The maximum Gasteiger partial charge on any atom is 0.103 e.